The van der Waals surface area contributed by atoms with E-state index in [1.807, 2.05) is 0 Å². The minimum Gasteiger partial charge on any atom is -0.337 e. The number of aromatic nitrogens is 3. The van der Waals surface area contributed by atoms with Gasteiger partial charge in [-0.25, -0.2) is 0 Å². The quantitative estimate of drug-likeness (QED) is 0.365. The molecule has 0 radical (unpaired) electrons. The van der Waals surface area contributed by atoms with E-state index in [0.29, 0.717) is 29.2 Å². The van der Waals surface area contributed by atoms with Crippen molar-refractivity contribution in [2.45, 2.75) is 117 Å². The molecule has 3 heterocycles. The predicted octanol–water partition coefficient (Wildman–Crippen LogP) is 5.98. The normalized spacial score (nSPS) is 28.3. The second-order valence-corrected chi connectivity index (χ2v) is 13.1. The van der Waals surface area contributed by atoms with Gasteiger partial charge in [0.25, 0.3) is 0 Å². The van der Waals surface area contributed by atoms with Gasteiger partial charge in [-0.3, -0.25) is 0 Å². The van der Waals surface area contributed by atoms with Crippen LogP contribution in [0, 0.1) is 11.8 Å². The molecule has 0 spiro atoms. The van der Waals surface area contributed by atoms with Crippen molar-refractivity contribution in [3.63, 3.8) is 0 Å². The summed E-state index contributed by atoms with van der Waals surface area (Å²) in [6.07, 6.45) is 6.69. The highest BCUT2D eigenvalue weighted by Gasteiger charge is 2.44. The number of rotatable bonds is 10. The van der Waals surface area contributed by atoms with Crippen LogP contribution in [-0.4, -0.2) is 88.2 Å². The van der Waals surface area contributed by atoms with Gasteiger partial charge >= 0.3 is 0 Å². The molecule has 3 rings (SSSR count). The van der Waals surface area contributed by atoms with Gasteiger partial charge in [0.2, 0.25) is 17.2 Å². The Labute approximate surface area is 232 Å². The molecule has 8 heteroatoms. The highest BCUT2D eigenvalue weighted by Crippen LogP contribution is 2.38. The summed E-state index contributed by atoms with van der Waals surface area (Å²) in [5.41, 5.74) is 0.213. The fourth-order valence-corrected chi connectivity index (χ4v) is 6.44. The van der Waals surface area contributed by atoms with Gasteiger partial charge in [-0.2, -0.15) is 15.0 Å². The first-order chi connectivity index (χ1) is 17.4. The van der Waals surface area contributed by atoms with E-state index in [-0.39, 0.29) is 11.1 Å². The number of hydrogen-bond acceptors (Lipinski definition) is 7. The van der Waals surface area contributed by atoms with Crippen LogP contribution in [-0.2, 0) is 0 Å². The summed E-state index contributed by atoms with van der Waals surface area (Å²) < 4.78 is 0. The molecular formula is C29H54ClN7. The number of unbranched alkanes of at least 4 members (excludes halogenated alkanes) is 2. The Morgan fingerprint density at radius 2 is 1.14 bits per heavy atom. The molecule has 2 fully saturated rings. The van der Waals surface area contributed by atoms with Crippen molar-refractivity contribution in [2.75, 3.05) is 50.1 Å². The molecule has 0 saturated carbocycles. The minimum absolute atomic E-state index is 0.106. The Kier molecular flexibility index (Phi) is 10.1. The molecular weight excluding hydrogens is 482 g/mol. The van der Waals surface area contributed by atoms with Crippen molar-refractivity contribution in [3.8, 4) is 0 Å². The van der Waals surface area contributed by atoms with Gasteiger partial charge < -0.3 is 19.6 Å². The predicted molar refractivity (Wildman–Crippen MR) is 158 cm³/mol. The summed E-state index contributed by atoms with van der Waals surface area (Å²) in [5.74, 6) is 2.44. The third kappa shape index (κ3) is 6.36. The van der Waals surface area contributed by atoms with Gasteiger partial charge in [-0.05, 0) is 90.9 Å². The topological polar surface area (TPSA) is 51.6 Å². The van der Waals surface area contributed by atoms with Crippen molar-refractivity contribution in [1.82, 2.24) is 24.8 Å². The summed E-state index contributed by atoms with van der Waals surface area (Å²) in [7, 11) is 4.49. The molecule has 0 amide bonds. The third-order valence-electron chi connectivity index (χ3n) is 10.3. The summed E-state index contributed by atoms with van der Waals surface area (Å²) in [4.78, 5) is 24.6. The van der Waals surface area contributed by atoms with Crippen LogP contribution in [0.1, 0.15) is 93.9 Å². The minimum atomic E-state index is 0.106. The molecule has 2 aliphatic heterocycles. The lowest BCUT2D eigenvalue weighted by Gasteiger charge is -2.52. The number of halogens is 1. The number of piperidine rings is 2. The molecule has 1 aromatic rings. The summed E-state index contributed by atoms with van der Waals surface area (Å²) in [6.45, 7) is 22.8. The van der Waals surface area contributed by atoms with E-state index in [1.54, 1.807) is 0 Å². The monoisotopic (exact) mass is 535 g/mol. The number of likely N-dealkylation sites (tertiary alicyclic amines) is 2. The molecule has 0 aliphatic carbocycles. The summed E-state index contributed by atoms with van der Waals surface area (Å²) >= 11 is 6.68. The Hall–Kier alpha value is -1.18. The van der Waals surface area contributed by atoms with Gasteiger partial charge in [-0.15, -0.1) is 0 Å². The van der Waals surface area contributed by atoms with Crippen LogP contribution in [0.3, 0.4) is 0 Å². The second kappa shape index (κ2) is 12.3. The van der Waals surface area contributed by atoms with E-state index in [0.717, 1.165) is 76.6 Å². The van der Waals surface area contributed by atoms with Gasteiger partial charge in [0.05, 0.1) is 0 Å². The van der Waals surface area contributed by atoms with Crippen LogP contribution in [0.4, 0.5) is 11.9 Å². The van der Waals surface area contributed by atoms with Crippen molar-refractivity contribution in [3.05, 3.63) is 5.28 Å². The Bertz CT molecular complexity index is 810. The zero-order valence-corrected chi connectivity index (χ0v) is 26.1. The largest absolute Gasteiger partial charge is 0.337 e. The smallest absolute Gasteiger partial charge is 0.231 e. The molecule has 37 heavy (non-hydrogen) atoms. The molecule has 0 bridgehead atoms. The van der Waals surface area contributed by atoms with E-state index < -0.39 is 0 Å². The SMILES string of the molecule is CCCCN(c1nc(Cl)nc(N(CCCC)C2CCN(C)C(C)(C)C2C)n1)C1CCN(C)C(C)(C)C1C. The van der Waals surface area contributed by atoms with Gasteiger partial charge in [0, 0.05) is 49.3 Å². The second-order valence-electron chi connectivity index (χ2n) is 12.7. The Morgan fingerprint density at radius 3 is 1.49 bits per heavy atom. The van der Waals surface area contributed by atoms with Crippen LogP contribution < -0.4 is 9.80 Å². The Morgan fingerprint density at radius 1 is 0.757 bits per heavy atom. The summed E-state index contributed by atoms with van der Waals surface area (Å²) in [6, 6.07) is 0.740. The van der Waals surface area contributed by atoms with Crippen molar-refractivity contribution in [2.24, 2.45) is 11.8 Å². The molecule has 212 valence electrons. The lowest BCUT2D eigenvalue weighted by Crippen LogP contribution is -2.60. The molecule has 1 aromatic heterocycles. The van der Waals surface area contributed by atoms with E-state index >= 15 is 0 Å². The first-order valence-electron chi connectivity index (χ1n) is 14.7. The molecule has 4 atom stereocenters. The van der Waals surface area contributed by atoms with E-state index in [2.05, 4.69) is 89.1 Å². The maximum absolute atomic E-state index is 6.68. The van der Waals surface area contributed by atoms with Crippen LogP contribution in [0.25, 0.3) is 0 Å². The maximum Gasteiger partial charge on any atom is 0.231 e. The first kappa shape index (κ1) is 30.4. The number of hydrogen-bond donors (Lipinski definition) is 0. The average Bonchev–Trinajstić information content (AvgIpc) is 2.84. The van der Waals surface area contributed by atoms with E-state index in [1.165, 1.54) is 0 Å². The lowest BCUT2D eigenvalue weighted by molar-refractivity contribution is 0.0371. The highest BCUT2D eigenvalue weighted by molar-refractivity contribution is 6.28. The van der Waals surface area contributed by atoms with Gasteiger partial charge in [0.15, 0.2) is 0 Å². The molecule has 2 aliphatic rings. The van der Waals surface area contributed by atoms with Crippen LogP contribution in [0.15, 0.2) is 0 Å². The van der Waals surface area contributed by atoms with E-state index in [9.17, 15) is 0 Å². The number of nitrogens with zero attached hydrogens (tertiary/aromatic N) is 7. The third-order valence-corrected chi connectivity index (χ3v) is 10.4. The number of anilines is 2. The molecule has 7 nitrogen and oxygen atoms in total. The molecule has 0 N–H and O–H groups in total. The lowest BCUT2D eigenvalue weighted by atomic mass is 9.76. The average molecular weight is 536 g/mol. The van der Waals surface area contributed by atoms with Crippen molar-refractivity contribution in [1.29, 1.82) is 0 Å². The Balaban J connectivity index is 2.02. The summed E-state index contributed by atoms with van der Waals surface area (Å²) in [5, 5.41) is 0.308. The molecule has 4 unspecified atom stereocenters. The zero-order chi connectivity index (χ0) is 27.5. The van der Waals surface area contributed by atoms with E-state index in [4.69, 9.17) is 26.6 Å². The zero-order valence-electron chi connectivity index (χ0n) is 25.4. The molecule has 2 saturated heterocycles. The standard InChI is InChI=1S/C29H54ClN7/c1-11-13-17-36(23-15-19-34(9)28(5,6)21(23)3)26-31-25(30)32-27(33-26)37(18-14-12-2)24-16-20-35(10)29(7,8)22(24)4/h21-24H,11-20H2,1-10H3. The highest BCUT2D eigenvalue weighted by atomic mass is 35.5. The fraction of sp³-hybridized carbons (Fsp3) is 0.897. The van der Waals surface area contributed by atoms with Crippen LogP contribution >= 0.6 is 11.6 Å². The van der Waals surface area contributed by atoms with Crippen LogP contribution in [0.5, 0.6) is 0 Å². The van der Waals surface area contributed by atoms with Gasteiger partial charge in [-0.1, -0.05) is 40.5 Å². The van der Waals surface area contributed by atoms with Crippen molar-refractivity contribution >= 4 is 23.5 Å². The van der Waals surface area contributed by atoms with Crippen LogP contribution in [0.2, 0.25) is 5.28 Å². The first-order valence-corrected chi connectivity index (χ1v) is 15.1. The molecule has 0 aromatic carbocycles. The maximum atomic E-state index is 6.68. The van der Waals surface area contributed by atoms with Crippen molar-refractivity contribution < 1.29 is 0 Å². The van der Waals surface area contributed by atoms with Gasteiger partial charge in [0.1, 0.15) is 0 Å². The fourth-order valence-electron chi connectivity index (χ4n) is 6.29.